The minimum atomic E-state index is -3.69. The number of benzene rings is 2. The molecule has 2 amide bonds. The highest BCUT2D eigenvalue weighted by atomic mass is 32.2. The highest BCUT2D eigenvalue weighted by Gasteiger charge is 2.28. The van der Waals surface area contributed by atoms with Gasteiger partial charge in [-0.3, -0.25) is 9.59 Å². The number of nitrogens with zero attached hydrogens (tertiary/aromatic N) is 1. The summed E-state index contributed by atoms with van der Waals surface area (Å²) in [5.74, 6) is 0.429. The molecule has 35 heavy (non-hydrogen) atoms. The van der Waals surface area contributed by atoms with E-state index in [1.807, 2.05) is 12.1 Å². The number of para-hydroxylation sites is 1. The predicted octanol–water partition coefficient (Wildman–Crippen LogP) is 2.44. The summed E-state index contributed by atoms with van der Waals surface area (Å²) in [5, 5.41) is 5.75. The maximum Gasteiger partial charge on any atom is 0.251 e. The van der Waals surface area contributed by atoms with E-state index in [0.29, 0.717) is 57.5 Å². The molecule has 0 aromatic heterocycles. The van der Waals surface area contributed by atoms with Gasteiger partial charge in [0, 0.05) is 37.7 Å². The van der Waals surface area contributed by atoms with E-state index in [-0.39, 0.29) is 22.8 Å². The van der Waals surface area contributed by atoms with Crippen molar-refractivity contribution in [1.29, 1.82) is 0 Å². The zero-order chi connectivity index (χ0) is 24.8. The summed E-state index contributed by atoms with van der Waals surface area (Å²) in [6.45, 7) is 5.31. The Kier molecular flexibility index (Phi) is 7.87. The number of amides is 2. The fourth-order valence-electron chi connectivity index (χ4n) is 4.54. The molecule has 2 aromatic carbocycles. The molecule has 2 heterocycles. The Morgan fingerprint density at radius 1 is 1.11 bits per heavy atom. The minimum absolute atomic E-state index is 0.0738. The Morgan fingerprint density at radius 3 is 2.69 bits per heavy atom. The molecule has 1 unspecified atom stereocenters. The van der Waals surface area contributed by atoms with Crippen LogP contribution in [0, 0.1) is 0 Å². The number of rotatable bonds is 8. The summed E-state index contributed by atoms with van der Waals surface area (Å²) in [7, 11) is -3.69. The van der Waals surface area contributed by atoms with Crippen LogP contribution in [0.4, 0.5) is 0 Å². The topological polar surface area (TPSA) is 105 Å². The highest BCUT2D eigenvalue weighted by molar-refractivity contribution is 7.89. The monoisotopic (exact) mass is 497 g/mol. The van der Waals surface area contributed by atoms with Gasteiger partial charge in [-0.05, 0) is 67.2 Å². The van der Waals surface area contributed by atoms with Gasteiger partial charge < -0.3 is 15.4 Å². The van der Waals surface area contributed by atoms with E-state index in [0.717, 1.165) is 17.7 Å². The SMILES string of the molecule is C=CC(=O)NC1CCCN(S(=O)(=O)c2ccc(C(=O)NCCc3cccc4c3OCC4)cc2)CC1. The van der Waals surface area contributed by atoms with Crippen molar-refractivity contribution in [2.45, 2.75) is 43.0 Å². The van der Waals surface area contributed by atoms with Gasteiger partial charge in [0.1, 0.15) is 5.75 Å². The molecule has 9 heteroatoms. The van der Waals surface area contributed by atoms with Gasteiger partial charge in [0.2, 0.25) is 15.9 Å². The van der Waals surface area contributed by atoms with Gasteiger partial charge in [-0.15, -0.1) is 0 Å². The van der Waals surface area contributed by atoms with Crippen LogP contribution in [-0.4, -0.2) is 56.8 Å². The average Bonchev–Trinajstić information content (AvgIpc) is 3.23. The smallest absolute Gasteiger partial charge is 0.251 e. The van der Waals surface area contributed by atoms with Crippen molar-refractivity contribution in [3.63, 3.8) is 0 Å². The van der Waals surface area contributed by atoms with Gasteiger partial charge in [-0.1, -0.05) is 24.8 Å². The van der Waals surface area contributed by atoms with E-state index >= 15 is 0 Å². The van der Waals surface area contributed by atoms with Crippen molar-refractivity contribution in [1.82, 2.24) is 14.9 Å². The molecule has 0 aliphatic carbocycles. The van der Waals surface area contributed by atoms with Gasteiger partial charge in [0.15, 0.2) is 0 Å². The average molecular weight is 498 g/mol. The Bertz CT molecular complexity index is 1190. The second-order valence-electron chi connectivity index (χ2n) is 8.78. The lowest BCUT2D eigenvalue weighted by molar-refractivity contribution is -0.117. The third-order valence-corrected chi connectivity index (χ3v) is 8.36. The van der Waals surface area contributed by atoms with Crippen LogP contribution in [-0.2, 0) is 27.7 Å². The second kappa shape index (κ2) is 11.0. The first kappa shape index (κ1) is 24.9. The number of hydrogen-bond donors (Lipinski definition) is 2. The molecule has 8 nitrogen and oxygen atoms in total. The quantitative estimate of drug-likeness (QED) is 0.545. The number of nitrogens with one attached hydrogen (secondary N) is 2. The van der Waals surface area contributed by atoms with Gasteiger partial charge in [-0.2, -0.15) is 4.31 Å². The van der Waals surface area contributed by atoms with Gasteiger partial charge in [-0.25, -0.2) is 8.42 Å². The third-order valence-electron chi connectivity index (χ3n) is 6.45. The number of hydrogen-bond acceptors (Lipinski definition) is 5. The maximum absolute atomic E-state index is 13.1. The zero-order valence-corrected chi connectivity index (χ0v) is 20.5. The molecule has 0 radical (unpaired) electrons. The maximum atomic E-state index is 13.1. The second-order valence-corrected chi connectivity index (χ2v) is 10.7. The van der Waals surface area contributed by atoms with Crippen molar-refractivity contribution < 1.29 is 22.7 Å². The van der Waals surface area contributed by atoms with Crippen LogP contribution >= 0.6 is 0 Å². The third kappa shape index (κ3) is 5.91. The molecule has 4 rings (SSSR count). The largest absolute Gasteiger partial charge is 0.493 e. The molecule has 2 aromatic rings. The summed E-state index contributed by atoms with van der Waals surface area (Å²) < 4.78 is 33.4. The molecule has 1 atom stereocenters. The Labute approximate surface area is 206 Å². The molecule has 2 N–H and O–H groups in total. The van der Waals surface area contributed by atoms with Crippen molar-refractivity contribution in [3.8, 4) is 5.75 Å². The Morgan fingerprint density at radius 2 is 1.91 bits per heavy atom. The first-order chi connectivity index (χ1) is 16.9. The fourth-order valence-corrected chi connectivity index (χ4v) is 6.03. The van der Waals surface area contributed by atoms with E-state index in [1.54, 1.807) is 0 Å². The molecule has 1 fully saturated rings. The van der Waals surface area contributed by atoms with Gasteiger partial charge >= 0.3 is 0 Å². The number of fused-ring (bicyclic) bond motifs is 1. The molecule has 186 valence electrons. The molecular formula is C26H31N3O5S. The number of ether oxygens (including phenoxy) is 1. The molecular weight excluding hydrogens is 466 g/mol. The first-order valence-electron chi connectivity index (χ1n) is 11.9. The van der Waals surface area contributed by atoms with Crippen molar-refractivity contribution >= 4 is 21.8 Å². The van der Waals surface area contributed by atoms with Crippen LogP contribution < -0.4 is 15.4 Å². The molecule has 2 aliphatic rings. The van der Waals surface area contributed by atoms with E-state index in [1.165, 1.54) is 40.2 Å². The van der Waals surface area contributed by atoms with E-state index < -0.39 is 10.0 Å². The first-order valence-corrected chi connectivity index (χ1v) is 13.4. The number of carbonyl (C=O) groups excluding carboxylic acids is 2. The molecule has 0 bridgehead atoms. The Hall–Kier alpha value is -3.17. The van der Waals surface area contributed by atoms with E-state index in [9.17, 15) is 18.0 Å². The van der Waals surface area contributed by atoms with E-state index in [2.05, 4.69) is 23.3 Å². The fraction of sp³-hybridized carbons (Fsp3) is 0.385. The standard InChI is InChI=1S/C26H31N3O5S/c1-2-24(30)28-22-7-4-16-29(17-13-22)35(32,33)23-10-8-21(9-11-23)26(31)27-15-12-19-5-3-6-20-14-18-34-25(19)20/h2-3,5-6,8-11,22H,1,4,7,12-18H2,(H,27,31)(H,28,30). The van der Waals surface area contributed by atoms with Crippen LogP contribution in [0.3, 0.4) is 0 Å². The lowest BCUT2D eigenvalue weighted by Gasteiger charge is -2.20. The summed E-state index contributed by atoms with van der Waals surface area (Å²) in [6.07, 6.45) is 4.69. The van der Waals surface area contributed by atoms with Crippen molar-refractivity contribution in [2.24, 2.45) is 0 Å². The van der Waals surface area contributed by atoms with Crippen molar-refractivity contribution in [3.05, 3.63) is 71.8 Å². The molecule has 0 saturated carbocycles. The van der Waals surface area contributed by atoms with Crippen LogP contribution in [0.15, 0.2) is 60.0 Å². The summed E-state index contributed by atoms with van der Waals surface area (Å²) in [4.78, 5) is 24.3. The molecule has 0 spiro atoms. The van der Waals surface area contributed by atoms with Crippen LogP contribution in [0.1, 0.15) is 40.7 Å². The normalized spacial score (nSPS) is 18.1. The van der Waals surface area contributed by atoms with E-state index in [4.69, 9.17) is 4.74 Å². The Balaban J connectivity index is 1.33. The highest BCUT2D eigenvalue weighted by Crippen LogP contribution is 2.29. The number of sulfonamides is 1. The summed E-state index contributed by atoms with van der Waals surface area (Å²) in [6, 6.07) is 12.0. The van der Waals surface area contributed by atoms with Crippen molar-refractivity contribution in [2.75, 3.05) is 26.2 Å². The van der Waals surface area contributed by atoms with Gasteiger partial charge in [0.05, 0.1) is 11.5 Å². The van der Waals surface area contributed by atoms with Crippen LogP contribution in [0.2, 0.25) is 0 Å². The lowest BCUT2D eigenvalue weighted by Crippen LogP contribution is -2.36. The predicted molar refractivity (Wildman–Crippen MR) is 133 cm³/mol. The molecule has 1 saturated heterocycles. The number of carbonyl (C=O) groups is 2. The summed E-state index contributed by atoms with van der Waals surface area (Å²) in [5.41, 5.74) is 2.68. The minimum Gasteiger partial charge on any atom is -0.493 e. The van der Waals surface area contributed by atoms with Gasteiger partial charge in [0.25, 0.3) is 5.91 Å². The van der Waals surface area contributed by atoms with Crippen LogP contribution in [0.5, 0.6) is 5.75 Å². The van der Waals surface area contributed by atoms with Crippen LogP contribution in [0.25, 0.3) is 0 Å². The lowest BCUT2D eigenvalue weighted by atomic mass is 10.1. The summed E-state index contributed by atoms with van der Waals surface area (Å²) >= 11 is 0. The molecule has 2 aliphatic heterocycles. The zero-order valence-electron chi connectivity index (χ0n) is 19.7.